The molecule has 0 amide bonds. The van der Waals surface area contributed by atoms with Gasteiger partial charge in [-0.05, 0) is 11.5 Å². The lowest BCUT2D eigenvalue weighted by atomic mass is 9.94. The third-order valence-electron chi connectivity index (χ3n) is 1.79. The third-order valence-corrected chi connectivity index (χ3v) is 1.79. The van der Waals surface area contributed by atoms with Crippen LogP contribution in [0.15, 0.2) is 18.5 Å². The zero-order valence-electron chi connectivity index (χ0n) is 6.06. The van der Waals surface area contributed by atoms with Crippen LogP contribution in [0.3, 0.4) is 0 Å². The van der Waals surface area contributed by atoms with Gasteiger partial charge in [0.25, 0.3) is 0 Å². The summed E-state index contributed by atoms with van der Waals surface area (Å²) in [5.41, 5.74) is 1.39. The van der Waals surface area contributed by atoms with Crippen LogP contribution in [-0.4, -0.2) is 17.8 Å². The number of hydrogen-bond donors (Lipinski definition) is 1. The van der Waals surface area contributed by atoms with Crippen LogP contribution in [0.2, 0.25) is 0 Å². The molecule has 0 saturated heterocycles. The van der Waals surface area contributed by atoms with E-state index in [1.807, 2.05) is 6.07 Å². The van der Waals surface area contributed by atoms with Crippen molar-refractivity contribution in [3.05, 3.63) is 24.3 Å². The van der Waals surface area contributed by atoms with Crippen molar-refractivity contribution in [1.82, 2.24) is 9.97 Å². The van der Waals surface area contributed by atoms with Crippen molar-refractivity contribution < 1.29 is 4.39 Å². The molecule has 0 bridgehead atoms. The van der Waals surface area contributed by atoms with Crippen molar-refractivity contribution in [3.63, 3.8) is 0 Å². The average molecular weight is 148 g/mol. The third kappa shape index (κ3) is 0.825. The highest BCUT2D eigenvalue weighted by Crippen LogP contribution is 2.06. The molecule has 11 heavy (non-hydrogen) atoms. The molecule has 1 N–H and O–H groups in total. The summed E-state index contributed by atoms with van der Waals surface area (Å²) in [4.78, 5) is 6.78. The van der Waals surface area contributed by atoms with Gasteiger partial charge in [0.15, 0.2) is 0 Å². The Kier molecular flexibility index (Phi) is 1.21. The maximum Gasteiger partial charge on any atom is 0.144 e. The maximum absolute atomic E-state index is 12.8. The lowest BCUT2D eigenvalue weighted by molar-refractivity contribution is 0.632. The molecule has 0 aliphatic rings. The quantitative estimate of drug-likeness (QED) is 0.521. The maximum atomic E-state index is 12.8. The van der Waals surface area contributed by atoms with Gasteiger partial charge in [0.2, 0.25) is 0 Å². The van der Waals surface area contributed by atoms with E-state index < -0.39 is 0 Å². The van der Waals surface area contributed by atoms with E-state index in [0.29, 0.717) is 5.46 Å². The van der Waals surface area contributed by atoms with Gasteiger partial charge in [-0.2, -0.15) is 0 Å². The van der Waals surface area contributed by atoms with Crippen LogP contribution in [0.25, 0.3) is 11.0 Å². The van der Waals surface area contributed by atoms with E-state index in [1.54, 1.807) is 14.0 Å². The molecule has 0 aliphatic carbocycles. The van der Waals surface area contributed by atoms with Gasteiger partial charge in [0.1, 0.15) is 19.3 Å². The lowest BCUT2D eigenvalue weighted by Crippen LogP contribution is -2.09. The van der Waals surface area contributed by atoms with Crippen molar-refractivity contribution in [2.24, 2.45) is 0 Å². The Bertz CT molecular complexity index is 396. The van der Waals surface area contributed by atoms with E-state index >= 15 is 0 Å². The van der Waals surface area contributed by atoms with Crippen molar-refractivity contribution in [1.29, 1.82) is 0 Å². The molecule has 2 aromatic rings. The first-order chi connectivity index (χ1) is 5.29. The smallest absolute Gasteiger partial charge is 0.144 e. The van der Waals surface area contributed by atoms with Gasteiger partial charge < -0.3 is 4.98 Å². The zero-order valence-corrected chi connectivity index (χ0v) is 6.06. The zero-order chi connectivity index (χ0) is 7.84. The second-order valence-electron chi connectivity index (χ2n) is 2.47. The minimum Gasteiger partial charge on any atom is -0.346 e. The van der Waals surface area contributed by atoms with Crippen LogP contribution in [0.5, 0.6) is 0 Å². The van der Waals surface area contributed by atoms with E-state index in [4.69, 9.17) is 0 Å². The van der Waals surface area contributed by atoms with E-state index in [-0.39, 0.29) is 5.82 Å². The molecular formula is C7H6BFN2. The Balaban J connectivity index is 2.93. The second kappa shape index (κ2) is 2.08. The molecule has 0 spiro atoms. The normalized spacial score (nSPS) is 10.6. The van der Waals surface area contributed by atoms with Crippen molar-refractivity contribution in [2.45, 2.75) is 0 Å². The van der Waals surface area contributed by atoms with Gasteiger partial charge in [0, 0.05) is 11.6 Å². The highest BCUT2D eigenvalue weighted by atomic mass is 19.1. The van der Waals surface area contributed by atoms with Crippen molar-refractivity contribution in [3.8, 4) is 0 Å². The first kappa shape index (κ1) is 6.40. The number of halogens is 1. The van der Waals surface area contributed by atoms with Gasteiger partial charge in [0.05, 0.1) is 6.20 Å². The minimum absolute atomic E-state index is 0.253. The molecule has 2 heterocycles. The number of nitrogens with one attached hydrogen (secondary N) is 1. The number of rotatable bonds is 0. The Morgan fingerprint density at radius 1 is 1.55 bits per heavy atom. The summed E-state index contributed by atoms with van der Waals surface area (Å²) in [6, 6.07) is 1.82. The van der Waals surface area contributed by atoms with E-state index in [0.717, 1.165) is 11.0 Å². The van der Waals surface area contributed by atoms with Crippen LogP contribution in [-0.2, 0) is 0 Å². The lowest BCUT2D eigenvalue weighted by Gasteiger charge is -1.95. The SMILES string of the molecule is Bc1c(F)cnc2[nH]ccc12. The Hall–Kier alpha value is -1.32. The molecule has 0 aromatic carbocycles. The largest absolute Gasteiger partial charge is 0.346 e. The number of aromatic amines is 1. The van der Waals surface area contributed by atoms with Crippen LogP contribution in [0, 0.1) is 5.82 Å². The standard InChI is InChI=1S/C7H6BFN2/c8-6-4-1-2-10-7(4)11-3-5(6)9/h1-3H,8H2,(H,10,11). The summed E-state index contributed by atoms with van der Waals surface area (Å²) >= 11 is 0. The topological polar surface area (TPSA) is 28.7 Å². The molecule has 2 aromatic heterocycles. The molecule has 0 radical (unpaired) electrons. The summed E-state index contributed by atoms with van der Waals surface area (Å²) in [5.74, 6) is -0.253. The van der Waals surface area contributed by atoms with Crippen molar-refractivity contribution in [2.75, 3.05) is 0 Å². The highest BCUT2D eigenvalue weighted by molar-refractivity contribution is 6.38. The molecule has 0 fully saturated rings. The van der Waals surface area contributed by atoms with Crippen LogP contribution >= 0.6 is 0 Å². The Labute approximate surface area is 63.9 Å². The summed E-state index contributed by atoms with van der Waals surface area (Å²) < 4.78 is 12.8. The highest BCUT2D eigenvalue weighted by Gasteiger charge is 2.02. The molecule has 4 heteroatoms. The molecule has 0 unspecified atom stereocenters. The van der Waals surface area contributed by atoms with Gasteiger partial charge in [-0.15, -0.1) is 0 Å². The van der Waals surface area contributed by atoms with Gasteiger partial charge >= 0.3 is 0 Å². The van der Waals surface area contributed by atoms with Gasteiger partial charge in [-0.3, -0.25) is 0 Å². The first-order valence-electron chi connectivity index (χ1n) is 3.37. The summed E-state index contributed by atoms with van der Waals surface area (Å²) in [6.07, 6.45) is 2.98. The predicted molar refractivity (Wildman–Crippen MR) is 44.2 cm³/mol. The second-order valence-corrected chi connectivity index (χ2v) is 2.47. The van der Waals surface area contributed by atoms with Crippen LogP contribution in [0.1, 0.15) is 0 Å². The Morgan fingerprint density at radius 3 is 3.18 bits per heavy atom. The number of pyridine rings is 1. The number of nitrogens with zero attached hydrogens (tertiary/aromatic N) is 1. The molecule has 0 saturated carbocycles. The monoisotopic (exact) mass is 148 g/mol. The van der Waals surface area contributed by atoms with Gasteiger partial charge in [-0.1, -0.05) is 0 Å². The molecule has 2 rings (SSSR count). The van der Waals surface area contributed by atoms with Crippen LogP contribution in [0.4, 0.5) is 4.39 Å². The molecule has 0 aliphatic heterocycles. The van der Waals surface area contributed by atoms with Crippen molar-refractivity contribution >= 4 is 24.3 Å². The van der Waals surface area contributed by atoms with E-state index in [2.05, 4.69) is 9.97 Å². The number of H-pyrrole nitrogens is 1. The number of fused-ring (bicyclic) bond motifs is 1. The molecule has 2 nitrogen and oxygen atoms in total. The fourth-order valence-corrected chi connectivity index (χ4v) is 1.12. The minimum atomic E-state index is -0.253. The fraction of sp³-hybridized carbons (Fsp3) is 0. The van der Waals surface area contributed by atoms with Gasteiger partial charge in [-0.25, -0.2) is 9.37 Å². The number of aromatic nitrogens is 2. The molecule has 54 valence electrons. The molecular weight excluding hydrogens is 142 g/mol. The van der Waals surface area contributed by atoms with E-state index in [9.17, 15) is 4.39 Å². The van der Waals surface area contributed by atoms with E-state index in [1.165, 1.54) is 6.20 Å². The predicted octanol–water partition coefficient (Wildman–Crippen LogP) is -0.0396. The summed E-state index contributed by atoms with van der Waals surface area (Å²) in [5, 5.41) is 0.852. The number of hydrogen-bond acceptors (Lipinski definition) is 1. The Morgan fingerprint density at radius 2 is 2.36 bits per heavy atom. The molecule has 0 atom stereocenters. The average Bonchev–Trinajstić information content (AvgIpc) is 2.45. The fourth-order valence-electron chi connectivity index (χ4n) is 1.12. The summed E-state index contributed by atoms with van der Waals surface area (Å²) in [6.45, 7) is 0. The van der Waals surface area contributed by atoms with Crippen LogP contribution < -0.4 is 5.46 Å². The first-order valence-corrected chi connectivity index (χ1v) is 3.37. The summed E-state index contributed by atoms with van der Waals surface area (Å²) in [7, 11) is 1.74.